The van der Waals surface area contributed by atoms with Gasteiger partial charge in [-0.3, -0.25) is 4.79 Å². The third-order valence-electron chi connectivity index (χ3n) is 2.94. The van der Waals surface area contributed by atoms with Crippen LogP contribution in [0.3, 0.4) is 0 Å². The Morgan fingerprint density at radius 3 is 2.73 bits per heavy atom. The molecule has 0 radical (unpaired) electrons. The molecule has 0 saturated heterocycles. The first-order valence-electron chi connectivity index (χ1n) is 7.33. The molecule has 1 unspecified atom stereocenters. The maximum Gasteiger partial charge on any atom is 0.404 e. The maximum atomic E-state index is 10.8. The van der Waals surface area contributed by atoms with Gasteiger partial charge in [-0.05, 0) is 32.2 Å². The molecule has 0 fully saturated rings. The van der Waals surface area contributed by atoms with Crippen molar-refractivity contribution in [3.63, 3.8) is 0 Å². The molecule has 1 rings (SSSR count). The Kier molecular flexibility index (Phi) is 7.90. The van der Waals surface area contributed by atoms with Crippen LogP contribution in [-0.2, 0) is 11.2 Å². The molecule has 0 aliphatic rings. The molecule has 5 N–H and O–H groups in total. The number of carbonyl (C=O) groups excluding carboxylic acids is 1. The molecule has 0 bridgehead atoms. The van der Waals surface area contributed by atoms with Crippen LogP contribution in [0.25, 0.3) is 0 Å². The standard InChI is InChI=1S/C13H23N5O4/c1-2-6-15-9(5-3-4-7-16-13(20)21)12-18-17-11(22-12)8-10(14)19/h9,15-16H,2-8H2,1H3,(H2,14,19)(H,20,21). The Bertz CT molecular complexity index is 477. The van der Waals surface area contributed by atoms with Crippen molar-refractivity contribution in [3.8, 4) is 0 Å². The molecule has 1 atom stereocenters. The van der Waals surface area contributed by atoms with E-state index in [1.54, 1.807) is 0 Å². The Hall–Kier alpha value is -2.16. The van der Waals surface area contributed by atoms with Crippen molar-refractivity contribution in [1.82, 2.24) is 20.8 Å². The van der Waals surface area contributed by atoms with Crippen molar-refractivity contribution in [3.05, 3.63) is 11.8 Å². The van der Waals surface area contributed by atoms with Crippen molar-refractivity contribution < 1.29 is 19.1 Å². The van der Waals surface area contributed by atoms with E-state index in [0.29, 0.717) is 12.4 Å². The number of carboxylic acid groups (broad SMARTS) is 1. The third kappa shape index (κ3) is 7.02. The lowest BCUT2D eigenvalue weighted by molar-refractivity contribution is -0.117. The van der Waals surface area contributed by atoms with E-state index >= 15 is 0 Å². The average molecular weight is 313 g/mol. The zero-order valence-electron chi connectivity index (χ0n) is 12.7. The second kappa shape index (κ2) is 9.72. The number of carbonyl (C=O) groups is 2. The minimum atomic E-state index is -1.02. The van der Waals surface area contributed by atoms with Crippen LogP contribution < -0.4 is 16.4 Å². The number of hydrogen-bond donors (Lipinski definition) is 4. The number of unbranched alkanes of at least 4 members (excludes halogenated alkanes) is 1. The largest absolute Gasteiger partial charge is 0.465 e. The zero-order chi connectivity index (χ0) is 16.4. The van der Waals surface area contributed by atoms with E-state index in [0.717, 1.165) is 32.2 Å². The number of primary amides is 1. The summed E-state index contributed by atoms with van der Waals surface area (Å²) in [6.45, 7) is 3.26. The van der Waals surface area contributed by atoms with Gasteiger partial charge in [-0.1, -0.05) is 6.92 Å². The van der Waals surface area contributed by atoms with E-state index in [9.17, 15) is 9.59 Å². The third-order valence-corrected chi connectivity index (χ3v) is 2.94. The van der Waals surface area contributed by atoms with E-state index in [1.807, 2.05) is 6.92 Å². The second-order valence-electron chi connectivity index (χ2n) is 4.91. The van der Waals surface area contributed by atoms with Crippen LogP contribution in [0, 0.1) is 0 Å². The Morgan fingerprint density at radius 2 is 2.09 bits per heavy atom. The summed E-state index contributed by atoms with van der Waals surface area (Å²) in [5.74, 6) is 0.113. The SMILES string of the molecule is CCCNC(CCCCNC(=O)O)c1nnc(CC(N)=O)o1. The highest BCUT2D eigenvalue weighted by Crippen LogP contribution is 2.18. The van der Waals surface area contributed by atoms with Gasteiger partial charge in [0.05, 0.1) is 6.04 Å². The van der Waals surface area contributed by atoms with Gasteiger partial charge in [-0.2, -0.15) is 0 Å². The molecular formula is C13H23N5O4. The van der Waals surface area contributed by atoms with Crippen molar-refractivity contribution in [2.45, 2.75) is 45.1 Å². The van der Waals surface area contributed by atoms with Gasteiger partial charge in [0.25, 0.3) is 0 Å². The summed E-state index contributed by atoms with van der Waals surface area (Å²) in [6, 6.07) is -0.112. The normalized spacial score (nSPS) is 12.0. The number of rotatable bonds is 11. The van der Waals surface area contributed by atoms with Crippen molar-refractivity contribution in [2.24, 2.45) is 5.73 Å². The first kappa shape index (κ1) is 17.9. The minimum Gasteiger partial charge on any atom is -0.465 e. The summed E-state index contributed by atoms with van der Waals surface area (Å²) in [5, 5.41) is 21.9. The molecule has 124 valence electrons. The molecule has 9 nitrogen and oxygen atoms in total. The van der Waals surface area contributed by atoms with Gasteiger partial charge in [0.1, 0.15) is 6.42 Å². The predicted octanol–water partition coefficient (Wildman–Crippen LogP) is 0.576. The van der Waals surface area contributed by atoms with Crippen LogP contribution in [0.2, 0.25) is 0 Å². The number of amides is 2. The molecule has 0 spiro atoms. The molecule has 0 aliphatic carbocycles. The smallest absolute Gasteiger partial charge is 0.404 e. The Morgan fingerprint density at radius 1 is 1.32 bits per heavy atom. The molecular weight excluding hydrogens is 290 g/mol. The molecule has 9 heteroatoms. The average Bonchev–Trinajstić information content (AvgIpc) is 2.89. The summed E-state index contributed by atoms with van der Waals surface area (Å²) in [5.41, 5.74) is 5.09. The van der Waals surface area contributed by atoms with Gasteiger partial charge < -0.3 is 25.9 Å². The molecule has 22 heavy (non-hydrogen) atoms. The number of aromatic nitrogens is 2. The summed E-state index contributed by atoms with van der Waals surface area (Å²) in [6.07, 6.45) is 2.12. The lowest BCUT2D eigenvalue weighted by atomic mass is 10.1. The molecule has 0 aromatic carbocycles. The monoisotopic (exact) mass is 313 g/mol. The van der Waals surface area contributed by atoms with Crippen LogP contribution in [0.5, 0.6) is 0 Å². The minimum absolute atomic E-state index is 0.0734. The molecule has 2 amide bonds. The lowest BCUT2D eigenvalue weighted by Gasteiger charge is -2.14. The second-order valence-corrected chi connectivity index (χ2v) is 4.91. The Balaban J connectivity index is 2.50. The van der Waals surface area contributed by atoms with E-state index in [-0.39, 0.29) is 18.4 Å². The van der Waals surface area contributed by atoms with Gasteiger partial charge in [0, 0.05) is 6.54 Å². The van der Waals surface area contributed by atoms with Gasteiger partial charge in [0.15, 0.2) is 0 Å². The van der Waals surface area contributed by atoms with Crippen LogP contribution in [0.15, 0.2) is 4.42 Å². The highest BCUT2D eigenvalue weighted by Gasteiger charge is 2.18. The number of hydrogen-bond acceptors (Lipinski definition) is 6. The fourth-order valence-corrected chi connectivity index (χ4v) is 1.93. The summed E-state index contributed by atoms with van der Waals surface area (Å²) >= 11 is 0. The molecule has 1 aromatic heterocycles. The van der Waals surface area contributed by atoms with Gasteiger partial charge in [-0.15, -0.1) is 10.2 Å². The highest BCUT2D eigenvalue weighted by atomic mass is 16.4. The van der Waals surface area contributed by atoms with Crippen LogP contribution in [-0.4, -0.2) is 40.4 Å². The van der Waals surface area contributed by atoms with E-state index in [1.165, 1.54) is 0 Å². The van der Waals surface area contributed by atoms with E-state index in [4.69, 9.17) is 15.3 Å². The van der Waals surface area contributed by atoms with Gasteiger partial charge >= 0.3 is 6.09 Å². The highest BCUT2D eigenvalue weighted by molar-refractivity contribution is 5.75. The van der Waals surface area contributed by atoms with Gasteiger partial charge in [0.2, 0.25) is 17.7 Å². The molecule has 1 aromatic rings. The van der Waals surface area contributed by atoms with Gasteiger partial charge in [-0.25, -0.2) is 4.79 Å². The molecule has 0 aliphatic heterocycles. The first-order valence-corrected chi connectivity index (χ1v) is 7.33. The first-order chi connectivity index (χ1) is 10.5. The zero-order valence-corrected chi connectivity index (χ0v) is 12.7. The number of nitrogens with two attached hydrogens (primary N) is 1. The molecule has 0 saturated carbocycles. The van der Waals surface area contributed by atoms with E-state index < -0.39 is 12.0 Å². The van der Waals surface area contributed by atoms with Crippen molar-refractivity contribution >= 4 is 12.0 Å². The maximum absolute atomic E-state index is 10.8. The van der Waals surface area contributed by atoms with Crippen molar-refractivity contribution in [1.29, 1.82) is 0 Å². The van der Waals surface area contributed by atoms with Crippen LogP contribution in [0.4, 0.5) is 4.79 Å². The lowest BCUT2D eigenvalue weighted by Crippen LogP contribution is -2.24. The van der Waals surface area contributed by atoms with Crippen LogP contribution in [0.1, 0.15) is 50.4 Å². The topological polar surface area (TPSA) is 143 Å². The predicted molar refractivity (Wildman–Crippen MR) is 78.1 cm³/mol. The van der Waals surface area contributed by atoms with E-state index in [2.05, 4.69) is 20.8 Å². The van der Waals surface area contributed by atoms with Crippen molar-refractivity contribution in [2.75, 3.05) is 13.1 Å². The molecule has 1 heterocycles. The fraction of sp³-hybridized carbons (Fsp3) is 0.692. The fourth-order valence-electron chi connectivity index (χ4n) is 1.93. The summed E-state index contributed by atoms with van der Waals surface area (Å²) in [7, 11) is 0. The summed E-state index contributed by atoms with van der Waals surface area (Å²) < 4.78 is 5.45. The van der Waals surface area contributed by atoms with Crippen LogP contribution >= 0.6 is 0 Å². The number of nitrogens with zero attached hydrogens (tertiary/aromatic N) is 2. The number of nitrogens with one attached hydrogen (secondary N) is 2. The summed E-state index contributed by atoms with van der Waals surface area (Å²) in [4.78, 5) is 21.2. The quantitative estimate of drug-likeness (QED) is 0.437. The Labute approximate surface area is 128 Å².